The van der Waals surface area contributed by atoms with Gasteiger partial charge >= 0.3 is 5.97 Å². The number of aromatic hydroxyl groups is 1. The molecule has 1 saturated carbocycles. The highest BCUT2D eigenvalue weighted by Gasteiger charge is 2.41. The molecule has 210 valence electrons. The lowest BCUT2D eigenvalue weighted by atomic mass is 9.61. The summed E-state index contributed by atoms with van der Waals surface area (Å²) in [7, 11) is 1.53. The lowest BCUT2D eigenvalue weighted by Crippen LogP contribution is -2.40. The molecule has 0 saturated heterocycles. The average molecular weight is 547 g/mol. The number of aliphatic carboxylic acids is 1. The van der Waals surface area contributed by atoms with Crippen molar-refractivity contribution in [2.45, 2.75) is 79.2 Å². The van der Waals surface area contributed by atoms with E-state index in [4.69, 9.17) is 27.2 Å². The molecule has 2 rings (SSSR count). The van der Waals surface area contributed by atoms with Crippen molar-refractivity contribution in [1.29, 1.82) is 0 Å². The zero-order chi connectivity index (χ0) is 28.6. The van der Waals surface area contributed by atoms with Crippen LogP contribution in [0.25, 0.3) is 0 Å². The molecule has 0 aromatic heterocycles. The number of unbranched alkanes of at least 4 members (excludes halogenated alkanes) is 1. The van der Waals surface area contributed by atoms with Crippen LogP contribution >= 0.6 is 11.6 Å². The van der Waals surface area contributed by atoms with E-state index >= 15 is 0 Å². The number of Topliss-reactive ketones (excluding diaryl/α,β-unsaturated/α-hetero) is 1. The number of carbonyl (C=O) groups is 2. The molecule has 38 heavy (non-hydrogen) atoms. The molecule has 0 bridgehead atoms. The van der Waals surface area contributed by atoms with Crippen molar-refractivity contribution in [2.24, 2.45) is 28.0 Å². The topological polar surface area (TPSA) is 122 Å². The summed E-state index contributed by atoms with van der Waals surface area (Å²) in [5.41, 5.74) is 8.12. The molecule has 1 aliphatic carbocycles. The Labute approximate surface area is 231 Å². The van der Waals surface area contributed by atoms with Crippen LogP contribution < -0.4 is 10.5 Å². The van der Waals surface area contributed by atoms with Crippen LogP contribution in [0.15, 0.2) is 28.8 Å². The maximum absolute atomic E-state index is 12.3. The van der Waals surface area contributed by atoms with E-state index in [2.05, 4.69) is 31.0 Å². The van der Waals surface area contributed by atoms with E-state index in [9.17, 15) is 14.7 Å². The number of phenolic OH excluding ortho intramolecular Hbond substituents is 1. The Kier molecular flexibility index (Phi) is 11.6. The number of aliphatic imine (C=N–C) groups is 1. The zero-order valence-corrected chi connectivity index (χ0v) is 24.3. The summed E-state index contributed by atoms with van der Waals surface area (Å²) in [6.45, 7) is 10.7. The minimum atomic E-state index is -1.00. The molecule has 4 atom stereocenters. The Morgan fingerprint density at radius 2 is 2.03 bits per heavy atom. The number of halogens is 1. The summed E-state index contributed by atoms with van der Waals surface area (Å²) in [4.78, 5) is 27.6. The van der Waals surface area contributed by atoms with Crippen molar-refractivity contribution in [2.75, 3.05) is 13.7 Å². The van der Waals surface area contributed by atoms with Crippen molar-refractivity contribution in [3.05, 3.63) is 45.5 Å². The van der Waals surface area contributed by atoms with Crippen LogP contribution in [0.4, 0.5) is 0 Å². The number of benzene rings is 1. The van der Waals surface area contributed by atoms with Gasteiger partial charge in [-0.1, -0.05) is 56.2 Å². The van der Waals surface area contributed by atoms with Gasteiger partial charge in [-0.25, -0.2) is 0 Å². The number of rotatable bonds is 12. The lowest BCUT2D eigenvalue weighted by Gasteiger charge is -2.42. The average Bonchev–Trinajstić information content (AvgIpc) is 2.88. The fourth-order valence-electron chi connectivity index (χ4n) is 4.89. The van der Waals surface area contributed by atoms with Gasteiger partial charge in [0.15, 0.2) is 0 Å². The highest BCUT2D eigenvalue weighted by Crippen LogP contribution is 2.45. The van der Waals surface area contributed by atoms with Crippen LogP contribution in [-0.4, -0.2) is 47.9 Å². The molecule has 0 heterocycles. The third kappa shape index (κ3) is 7.48. The third-order valence-electron chi connectivity index (χ3n) is 8.18. The predicted molar refractivity (Wildman–Crippen MR) is 154 cm³/mol. The first-order valence-electron chi connectivity index (χ1n) is 13.3. The second kappa shape index (κ2) is 13.9. The van der Waals surface area contributed by atoms with Gasteiger partial charge in [0.25, 0.3) is 0 Å². The number of carboxylic acids is 1. The second-order valence-corrected chi connectivity index (χ2v) is 11.0. The predicted octanol–water partition coefficient (Wildman–Crippen LogP) is 6.05. The third-order valence-corrected chi connectivity index (χ3v) is 8.63. The van der Waals surface area contributed by atoms with Crippen molar-refractivity contribution in [1.82, 2.24) is 0 Å². The van der Waals surface area contributed by atoms with E-state index in [1.807, 2.05) is 19.9 Å². The number of carbonyl (C=O) groups excluding carboxylic acids is 1. The number of methoxy groups -OCH3 is 1. The number of nitrogens with zero attached hydrogens (tertiary/aromatic N) is 1. The molecule has 1 aromatic rings. The van der Waals surface area contributed by atoms with Crippen LogP contribution in [0.3, 0.4) is 0 Å². The first-order valence-corrected chi connectivity index (χ1v) is 13.7. The second-order valence-electron chi connectivity index (χ2n) is 10.7. The fourth-order valence-corrected chi connectivity index (χ4v) is 5.18. The van der Waals surface area contributed by atoms with Gasteiger partial charge in [0, 0.05) is 36.2 Å². The number of hydrogen-bond donors (Lipinski definition) is 3. The normalized spacial score (nSPS) is 23.4. The van der Waals surface area contributed by atoms with Gasteiger partial charge in [-0.2, -0.15) is 0 Å². The Morgan fingerprint density at radius 3 is 2.66 bits per heavy atom. The number of allylic oxidation sites excluding steroid dienone is 4. The van der Waals surface area contributed by atoms with E-state index in [0.29, 0.717) is 77.8 Å². The summed E-state index contributed by atoms with van der Waals surface area (Å²) in [6.07, 6.45) is 11.5. The quantitative estimate of drug-likeness (QED) is 0.167. The van der Waals surface area contributed by atoms with E-state index in [0.717, 1.165) is 12.0 Å². The molecule has 0 unspecified atom stereocenters. The number of hydrogen-bond acceptors (Lipinski definition) is 6. The standard InChI is InChI=1S/C30H43ClN2O5/c1-18(14-15-30(5)19(2)11-13-25(34)21(30)4)10-12-22-27(35)23(20(3)26(31)28(22)38-6)17-33-16-8-7-9-24(32)29(36)37/h10,14-15,17,19,21,24,35H,7-9,11-13,16,32H2,1-6H3,(H,36,37)/t19-,21+,24+,30+/m1/s1. The van der Waals surface area contributed by atoms with E-state index in [1.165, 1.54) is 7.11 Å². The first-order chi connectivity index (χ1) is 17.8. The summed E-state index contributed by atoms with van der Waals surface area (Å²) >= 11 is 6.61. The van der Waals surface area contributed by atoms with E-state index in [-0.39, 0.29) is 17.1 Å². The number of ketones is 1. The van der Waals surface area contributed by atoms with Crippen LogP contribution in [0.1, 0.15) is 76.5 Å². The molecule has 1 fully saturated rings. The molecule has 0 spiro atoms. The molecule has 8 heteroatoms. The molecular weight excluding hydrogens is 504 g/mol. The maximum atomic E-state index is 12.3. The molecule has 4 N–H and O–H groups in total. The Morgan fingerprint density at radius 1 is 1.34 bits per heavy atom. The van der Waals surface area contributed by atoms with Crippen molar-refractivity contribution in [3.8, 4) is 11.5 Å². The number of carboxylic acid groups (broad SMARTS) is 1. The number of phenols is 1. The van der Waals surface area contributed by atoms with Crippen LogP contribution in [0.5, 0.6) is 11.5 Å². The largest absolute Gasteiger partial charge is 0.507 e. The zero-order valence-electron chi connectivity index (χ0n) is 23.5. The monoisotopic (exact) mass is 546 g/mol. The smallest absolute Gasteiger partial charge is 0.320 e. The molecule has 0 amide bonds. The molecule has 7 nitrogen and oxygen atoms in total. The summed E-state index contributed by atoms with van der Waals surface area (Å²) in [5.74, 6) is 0.207. The Balaban J connectivity index is 2.21. The fraction of sp³-hybridized carbons (Fsp3) is 0.567. The van der Waals surface area contributed by atoms with Gasteiger partial charge in [0.1, 0.15) is 23.3 Å². The molecule has 1 aromatic carbocycles. The molecular formula is C30H43ClN2O5. The first kappa shape index (κ1) is 31.6. The van der Waals surface area contributed by atoms with Gasteiger partial charge in [0.05, 0.1) is 12.1 Å². The summed E-state index contributed by atoms with van der Waals surface area (Å²) in [6, 6.07) is -0.862. The van der Waals surface area contributed by atoms with Crippen molar-refractivity contribution in [3.63, 3.8) is 0 Å². The number of ether oxygens (including phenoxy) is 1. The van der Waals surface area contributed by atoms with Crippen LogP contribution in [0.2, 0.25) is 5.02 Å². The van der Waals surface area contributed by atoms with Gasteiger partial charge in [0.2, 0.25) is 0 Å². The van der Waals surface area contributed by atoms with Gasteiger partial charge in [-0.05, 0) is 62.8 Å². The molecule has 0 radical (unpaired) electrons. The summed E-state index contributed by atoms with van der Waals surface area (Å²) in [5, 5.41) is 20.4. The highest BCUT2D eigenvalue weighted by atomic mass is 35.5. The highest BCUT2D eigenvalue weighted by molar-refractivity contribution is 6.33. The maximum Gasteiger partial charge on any atom is 0.320 e. The van der Waals surface area contributed by atoms with Gasteiger partial charge < -0.3 is 20.7 Å². The molecule has 0 aliphatic heterocycles. The summed E-state index contributed by atoms with van der Waals surface area (Å²) < 4.78 is 5.55. The lowest BCUT2D eigenvalue weighted by molar-refractivity contribution is -0.138. The van der Waals surface area contributed by atoms with Gasteiger partial charge in [-0.3, -0.25) is 14.6 Å². The van der Waals surface area contributed by atoms with Crippen molar-refractivity contribution >= 4 is 29.6 Å². The number of nitrogens with two attached hydrogens (primary N) is 1. The SMILES string of the molecule is COc1c(Cl)c(C)c(C=NCCCC[C@H](N)C(=O)O)c(O)c1CC=C(C)C=C[C@@]1(C)[C@H](C)CCC(=O)[C@@H]1C. The Bertz CT molecular complexity index is 1110. The van der Waals surface area contributed by atoms with Crippen LogP contribution in [-0.2, 0) is 16.0 Å². The van der Waals surface area contributed by atoms with E-state index in [1.54, 1.807) is 13.1 Å². The van der Waals surface area contributed by atoms with Crippen molar-refractivity contribution < 1.29 is 24.5 Å². The Hall–Kier alpha value is -2.64. The molecule has 1 aliphatic rings. The van der Waals surface area contributed by atoms with Gasteiger partial charge in [-0.15, -0.1) is 0 Å². The van der Waals surface area contributed by atoms with Crippen LogP contribution in [0, 0.1) is 24.2 Å². The van der Waals surface area contributed by atoms with E-state index < -0.39 is 12.0 Å². The minimum absolute atomic E-state index is 0.0221. The minimum Gasteiger partial charge on any atom is -0.507 e.